The number of aryl methyl sites for hydroxylation is 1. The minimum absolute atomic E-state index is 0.779. The topological polar surface area (TPSA) is 12.0 Å². The molecule has 0 spiro atoms. The summed E-state index contributed by atoms with van der Waals surface area (Å²) >= 11 is 5.54. The summed E-state index contributed by atoms with van der Waals surface area (Å²) in [7, 11) is 0. The molecule has 1 N–H and O–H groups in total. The highest BCUT2D eigenvalue weighted by Crippen LogP contribution is 2.34. The van der Waals surface area contributed by atoms with Gasteiger partial charge >= 0.3 is 0 Å². The van der Waals surface area contributed by atoms with E-state index in [-0.39, 0.29) is 0 Å². The molecule has 1 aromatic carbocycles. The Morgan fingerprint density at radius 3 is 2.83 bits per heavy atom. The van der Waals surface area contributed by atoms with Crippen molar-refractivity contribution in [3.8, 4) is 10.4 Å². The van der Waals surface area contributed by atoms with E-state index in [2.05, 4.69) is 58.5 Å². The highest BCUT2D eigenvalue weighted by atomic mass is 79.9. The normalized spacial score (nSPS) is 15.0. The van der Waals surface area contributed by atoms with Crippen molar-refractivity contribution in [1.29, 1.82) is 0 Å². The molecular weight excluding hydrogens is 306 g/mol. The van der Waals surface area contributed by atoms with Crippen LogP contribution in [0.5, 0.6) is 0 Å². The van der Waals surface area contributed by atoms with Gasteiger partial charge in [0.1, 0.15) is 0 Å². The van der Waals surface area contributed by atoms with Crippen LogP contribution in [0.4, 0.5) is 0 Å². The van der Waals surface area contributed by atoms with E-state index < -0.39 is 0 Å². The average Bonchev–Trinajstić information content (AvgIpc) is 3.05. The molecule has 1 saturated carbocycles. The Morgan fingerprint density at radius 1 is 1.28 bits per heavy atom. The number of thiophene rings is 1. The Labute approximate surface area is 120 Å². The first-order chi connectivity index (χ1) is 8.72. The first-order valence-corrected chi connectivity index (χ1v) is 7.92. The van der Waals surface area contributed by atoms with E-state index >= 15 is 0 Å². The quantitative estimate of drug-likeness (QED) is 0.857. The van der Waals surface area contributed by atoms with E-state index in [9.17, 15) is 0 Å². The summed E-state index contributed by atoms with van der Waals surface area (Å²) in [6.07, 6.45) is 2.70. The summed E-state index contributed by atoms with van der Waals surface area (Å²) < 4.78 is 1.19. The lowest BCUT2D eigenvalue weighted by Gasteiger charge is -2.03. The molecule has 94 valence electrons. The second-order valence-corrected chi connectivity index (χ2v) is 6.93. The summed E-state index contributed by atoms with van der Waals surface area (Å²) in [4.78, 5) is 2.76. The summed E-state index contributed by atoms with van der Waals surface area (Å²) in [6.45, 7) is 3.13. The maximum absolute atomic E-state index is 3.66. The lowest BCUT2D eigenvalue weighted by Crippen LogP contribution is -2.14. The van der Waals surface area contributed by atoms with Gasteiger partial charge in [0, 0.05) is 32.4 Å². The molecule has 0 saturated heterocycles. The summed E-state index contributed by atoms with van der Waals surface area (Å²) in [5, 5.41) is 3.56. The van der Waals surface area contributed by atoms with Crippen LogP contribution in [0.25, 0.3) is 10.4 Å². The van der Waals surface area contributed by atoms with E-state index in [1.807, 2.05) is 11.3 Å². The molecule has 1 aliphatic carbocycles. The third-order valence-corrected chi connectivity index (χ3v) is 4.97. The SMILES string of the molecule is Cc1ccc(-c2ccc(CNC3CC3)s2)c(Br)c1. The minimum Gasteiger partial charge on any atom is -0.309 e. The van der Waals surface area contributed by atoms with Crippen molar-refractivity contribution in [3.05, 3.63) is 45.2 Å². The highest BCUT2D eigenvalue weighted by Gasteiger charge is 2.20. The average molecular weight is 322 g/mol. The van der Waals surface area contributed by atoms with Crippen LogP contribution in [-0.4, -0.2) is 6.04 Å². The van der Waals surface area contributed by atoms with Crippen molar-refractivity contribution < 1.29 is 0 Å². The zero-order chi connectivity index (χ0) is 12.5. The molecule has 18 heavy (non-hydrogen) atoms. The van der Waals surface area contributed by atoms with Crippen molar-refractivity contribution in [1.82, 2.24) is 5.32 Å². The van der Waals surface area contributed by atoms with Gasteiger partial charge in [0.15, 0.2) is 0 Å². The van der Waals surface area contributed by atoms with Crippen LogP contribution in [0, 0.1) is 6.92 Å². The van der Waals surface area contributed by atoms with Crippen molar-refractivity contribution in [3.63, 3.8) is 0 Å². The molecule has 1 aromatic heterocycles. The molecular formula is C15H16BrNS. The molecule has 3 rings (SSSR count). The first kappa shape index (κ1) is 12.4. The Morgan fingerprint density at radius 2 is 2.11 bits per heavy atom. The maximum Gasteiger partial charge on any atom is 0.0357 e. The van der Waals surface area contributed by atoms with Crippen LogP contribution in [0.15, 0.2) is 34.8 Å². The van der Waals surface area contributed by atoms with Gasteiger partial charge in [-0.25, -0.2) is 0 Å². The largest absolute Gasteiger partial charge is 0.309 e. The van der Waals surface area contributed by atoms with Crippen LogP contribution in [0.3, 0.4) is 0 Å². The summed E-state index contributed by atoms with van der Waals surface area (Å²) in [6, 6.07) is 11.8. The van der Waals surface area contributed by atoms with Crippen LogP contribution < -0.4 is 5.32 Å². The third kappa shape index (κ3) is 2.85. The number of hydrogen-bond acceptors (Lipinski definition) is 2. The van der Waals surface area contributed by atoms with E-state index in [1.165, 1.54) is 38.2 Å². The molecule has 0 unspecified atom stereocenters. The molecule has 0 bridgehead atoms. The molecule has 2 aromatic rings. The molecule has 1 aliphatic rings. The standard InChI is InChI=1S/C15H16BrNS/c1-10-2-6-13(14(16)8-10)15-7-5-12(18-15)9-17-11-3-4-11/h2,5-8,11,17H,3-4,9H2,1H3. The summed E-state index contributed by atoms with van der Waals surface area (Å²) in [5.74, 6) is 0. The number of benzene rings is 1. The van der Waals surface area contributed by atoms with Gasteiger partial charge < -0.3 is 5.32 Å². The van der Waals surface area contributed by atoms with Crippen molar-refractivity contribution in [2.24, 2.45) is 0 Å². The van der Waals surface area contributed by atoms with Gasteiger partial charge in [-0.1, -0.05) is 28.1 Å². The second-order valence-electron chi connectivity index (χ2n) is 4.90. The predicted octanol–water partition coefficient (Wildman–Crippen LogP) is 4.74. The zero-order valence-electron chi connectivity index (χ0n) is 10.4. The molecule has 0 atom stereocenters. The van der Waals surface area contributed by atoms with Gasteiger partial charge in [0.2, 0.25) is 0 Å². The first-order valence-electron chi connectivity index (χ1n) is 6.31. The van der Waals surface area contributed by atoms with Gasteiger partial charge in [-0.05, 0) is 43.5 Å². The fourth-order valence-corrected chi connectivity index (χ4v) is 3.81. The Bertz CT molecular complexity index is 557. The Hall–Kier alpha value is -0.640. The minimum atomic E-state index is 0.779. The van der Waals surface area contributed by atoms with E-state index in [0.29, 0.717) is 0 Å². The predicted molar refractivity (Wildman–Crippen MR) is 82.1 cm³/mol. The molecule has 1 nitrogen and oxygen atoms in total. The number of nitrogens with one attached hydrogen (secondary N) is 1. The smallest absolute Gasteiger partial charge is 0.0357 e. The second kappa shape index (κ2) is 5.16. The molecule has 1 fully saturated rings. The lowest BCUT2D eigenvalue weighted by atomic mass is 10.1. The monoisotopic (exact) mass is 321 g/mol. The van der Waals surface area contributed by atoms with Gasteiger partial charge in [-0.15, -0.1) is 11.3 Å². The third-order valence-electron chi connectivity index (χ3n) is 3.19. The fourth-order valence-electron chi connectivity index (χ4n) is 1.97. The van der Waals surface area contributed by atoms with Gasteiger partial charge in [-0.2, -0.15) is 0 Å². The molecule has 0 amide bonds. The van der Waals surface area contributed by atoms with Crippen LogP contribution in [-0.2, 0) is 6.54 Å². The van der Waals surface area contributed by atoms with Gasteiger partial charge in [-0.3, -0.25) is 0 Å². The highest BCUT2D eigenvalue weighted by molar-refractivity contribution is 9.10. The lowest BCUT2D eigenvalue weighted by molar-refractivity contribution is 0.695. The summed E-state index contributed by atoms with van der Waals surface area (Å²) in [5.41, 5.74) is 2.58. The maximum atomic E-state index is 3.66. The van der Waals surface area contributed by atoms with Crippen LogP contribution in [0.1, 0.15) is 23.3 Å². The van der Waals surface area contributed by atoms with Crippen molar-refractivity contribution >= 4 is 27.3 Å². The zero-order valence-corrected chi connectivity index (χ0v) is 12.8. The van der Waals surface area contributed by atoms with Gasteiger partial charge in [0.05, 0.1) is 0 Å². The number of halogens is 1. The van der Waals surface area contributed by atoms with Crippen LogP contribution >= 0.6 is 27.3 Å². The molecule has 1 heterocycles. The van der Waals surface area contributed by atoms with Crippen LogP contribution in [0.2, 0.25) is 0 Å². The van der Waals surface area contributed by atoms with E-state index in [1.54, 1.807) is 0 Å². The number of rotatable bonds is 4. The van der Waals surface area contributed by atoms with Gasteiger partial charge in [0.25, 0.3) is 0 Å². The van der Waals surface area contributed by atoms with E-state index in [4.69, 9.17) is 0 Å². The molecule has 0 radical (unpaired) electrons. The number of hydrogen-bond donors (Lipinski definition) is 1. The Balaban J connectivity index is 1.78. The fraction of sp³-hybridized carbons (Fsp3) is 0.333. The van der Waals surface area contributed by atoms with Crippen molar-refractivity contribution in [2.75, 3.05) is 0 Å². The molecule has 3 heteroatoms. The van der Waals surface area contributed by atoms with Crippen molar-refractivity contribution in [2.45, 2.75) is 32.4 Å². The Kier molecular flexibility index (Phi) is 3.55. The molecule has 0 aliphatic heterocycles. The van der Waals surface area contributed by atoms with E-state index in [0.717, 1.165) is 12.6 Å².